The number of nitrogens with one attached hydrogen (secondary N) is 1. The Morgan fingerprint density at radius 3 is 2.58 bits per heavy atom. The van der Waals surface area contributed by atoms with Crippen molar-refractivity contribution in [2.75, 3.05) is 17.2 Å². The Morgan fingerprint density at radius 1 is 1.13 bits per heavy atom. The summed E-state index contributed by atoms with van der Waals surface area (Å²) >= 11 is 1.17. The van der Waals surface area contributed by atoms with E-state index in [0.29, 0.717) is 17.4 Å². The molecule has 6 nitrogen and oxygen atoms in total. The highest BCUT2D eigenvalue weighted by Gasteiger charge is 2.30. The Hall–Kier alpha value is -2.32. The van der Waals surface area contributed by atoms with Crippen LogP contribution in [0.1, 0.15) is 38.7 Å². The summed E-state index contributed by atoms with van der Waals surface area (Å²) in [5.74, 6) is -0.00517. The van der Waals surface area contributed by atoms with Gasteiger partial charge in [-0.1, -0.05) is 67.6 Å². The number of thioether (sulfide) groups is 1. The van der Waals surface area contributed by atoms with Gasteiger partial charge < -0.3 is 10.2 Å². The first kappa shape index (κ1) is 23.3. The fourth-order valence-electron chi connectivity index (χ4n) is 3.39. The van der Waals surface area contributed by atoms with Crippen LogP contribution in [0.4, 0.5) is 5.69 Å². The SMILES string of the molecule is CCCCN1C(SCC(=O)N[C@H](C)CCc2ccccc2)=NS(=O)(=O)c2ccccc21. The predicted molar refractivity (Wildman–Crippen MR) is 128 cm³/mol. The number of unbranched alkanes of at least 4 members (excludes halogenated alkanes) is 1. The molecule has 166 valence electrons. The zero-order valence-electron chi connectivity index (χ0n) is 18.0. The highest BCUT2D eigenvalue weighted by molar-refractivity contribution is 8.15. The molecule has 0 fully saturated rings. The van der Waals surface area contributed by atoms with Crippen LogP contribution in [0, 0.1) is 0 Å². The van der Waals surface area contributed by atoms with Crippen LogP contribution in [-0.2, 0) is 21.2 Å². The van der Waals surface area contributed by atoms with Crippen LogP contribution in [0.5, 0.6) is 0 Å². The lowest BCUT2D eigenvalue weighted by atomic mass is 10.1. The Labute approximate surface area is 189 Å². The number of sulfonamides is 1. The van der Waals surface area contributed by atoms with Crippen molar-refractivity contribution in [3.8, 4) is 0 Å². The van der Waals surface area contributed by atoms with Gasteiger partial charge in [-0.2, -0.15) is 8.42 Å². The van der Waals surface area contributed by atoms with Crippen molar-refractivity contribution in [1.29, 1.82) is 0 Å². The molecular formula is C23H29N3O3S2. The maximum absolute atomic E-state index is 12.6. The van der Waals surface area contributed by atoms with Gasteiger partial charge >= 0.3 is 0 Å². The second-order valence-corrected chi connectivity index (χ2v) is 10.1. The molecule has 1 amide bonds. The molecule has 0 aromatic heterocycles. The molecule has 0 radical (unpaired) electrons. The molecule has 2 aromatic rings. The van der Waals surface area contributed by atoms with E-state index in [9.17, 15) is 13.2 Å². The van der Waals surface area contributed by atoms with E-state index in [2.05, 4.69) is 28.8 Å². The van der Waals surface area contributed by atoms with Crippen molar-refractivity contribution in [3.05, 3.63) is 60.2 Å². The Bertz CT molecular complexity index is 1020. The number of hydrogen-bond donors (Lipinski definition) is 1. The number of benzene rings is 2. The summed E-state index contributed by atoms with van der Waals surface area (Å²) in [5.41, 5.74) is 1.87. The van der Waals surface area contributed by atoms with Crippen LogP contribution in [0.3, 0.4) is 0 Å². The third-order valence-electron chi connectivity index (χ3n) is 5.05. The van der Waals surface area contributed by atoms with Gasteiger partial charge in [-0.25, -0.2) is 0 Å². The van der Waals surface area contributed by atoms with Crippen molar-refractivity contribution in [2.24, 2.45) is 4.40 Å². The number of carbonyl (C=O) groups excluding carboxylic acids is 1. The van der Waals surface area contributed by atoms with E-state index >= 15 is 0 Å². The molecule has 0 saturated heterocycles. The molecule has 1 heterocycles. The fraction of sp³-hybridized carbons (Fsp3) is 0.391. The first-order valence-electron chi connectivity index (χ1n) is 10.6. The maximum atomic E-state index is 12.6. The number of rotatable bonds is 9. The summed E-state index contributed by atoms with van der Waals surface area (Å²) in [5, 5.41) is 3.37. The fourth-order valence-corrected chi connectivity index (χ4v) is 5.68. The van der Waals surface area contributed by atoms with E-state index < -0.39 is 10.0 Å². The van der Waals surface area contributed by atoms with E-state index in [4.69, 9.17) is 0 Å². The Balaban J connectivity index is 1.61. The van der Waals surface area contributed by atoms with Gasteiger partial charge in [0.2, 0.25) is 5.91 Å². The second-order valence-electron chi connectivity index (χ2n) is 7.60. The van der Waals surface area contributed by atoms with Gasteiger partial charge in [0.25, 0.3) is 10.0 Å². The minimum atomic E-state index is -3.77. The monoisotopic (exact) mass is 459 g/mol. The van der Waals surface area contributed by atoms with Gasteiger partial charge in [-0.05, 0) is 43.9 Å². The van der Waals surface area contributed by atoms with Gasteiger partial charge in [0.15, 0.2) is 5.17 Å². The number of hydrogen-bond acceptors (Lipinski definition) is 5. The minimum absolute atomic E-state index is 0.0299. The first-order chi connectivity index (χ1) is 14.9. The van der Waals surface area contributed by atoms with E-state index in [-0.39, 0.29) is 22.6 Å². The molecule has 31 heavy (non-hydrogen) atoms. The third kappa shape index (κ3) is 6.33. The summed E-state index contributed by atoms with van der Waals surface area (Å²) in [6, 6.07) is 17.1. The molecule has 0 bridgehead atoms. The van der Waals surface area contributed by atoms with Gasteiger partial charge in [-0.3, -0.25) is 4.79 Å². The van der Waals surface area contributed by atoms with Crippen molar-refractivity contribution in [2.45, 2.75) is 50.5 Å². The van der Waals surface area contributed by atoms with Crippen LogP contribution in [0.2, 0.25) is 0 Å². The molecule has 1 aliphatic rings. The number of amides is 1. The van der Waals surface area contributed by atoms with Crippen molar-refractivity contribution >= 4 is 38.5 Å². The van der Waals surface area contributed by atoms with Crippen LogP contribution in [0.15, 0.2) is 63.9 Å². The predicted octanol–water partition coefficient (Wildman–Crippen LogP) is 4.22. The normalized spacial score (nSPS) is 15.7. The molecule has 0 aliphatic carbocycles. The van der Waals surface area contributed by atoms with E-state index in [0.717, 1.165) is 25.7 Å². The molecule has 1 aliphatic heterocycles. The molecule has 0 unspecified atom stereocenters. The molecule has 2 aromatic carbocycles. The topological polar surface area (TPSA) is 78.8 Å². The Kier molecular flexibility index (Phi) is 8.15. The van der Waals surface area contributed by atoms with Crippen LogP contribution < -0.4 is 10.2 Å². The largest absolute Gasteiger partial charge is 0.353 e. The van der Waals surface area contributed by atoms with Gasteiger partial charge in [0.1, 0.15) is 4.90 Å². The third-order valence-corrected chi connectivity index (χ3v) is 7.45. The number of carbonyl (C=O) groups is 1. The average molecular weight is 460 g/mol. The van der Waals surface area contributed by atoms with Crippen LogP contribution in [-0.4, -0.2) is 37.8 Å². The number of aryl methyl sites for hydroxylation is 1. The van der Waals surface area contributed by atoms with E-state index in [1.165, 1.54) is 17.3 Å². The summed E-state index contributed by atoms with van der Waals surface area (Å²) in [4.78, 5) is 14.6. The standard InChI is InChI=1S/C23H29N3O3S2/c1-3-4-16-26-20-12-8-9-13-21(20)31(28,29)25-23(26)30-17-22(27)24-18(2)14-15-19-10-6-5-7-11-19/h5-13,18H,3-4,14-17H2,1-2H3,(H,24,27)/t18-/m1/s1. The second kappa shape index (κ2) is 10.8. The summed E-state index contributed by atoms with van der Waals surface area (Å²) in [6.45, 7) is 4.72. The molecule has 0 spiro atoms. The zero-order chi connectivity index (χ0) is 22.3. The molecule has 0 saturated carbocycles. The lowest BCUT2D eigenvalue weighted by Gasteiger charge is -2.30. The molecule has 1 N–H and O–H groups in total. The van der Waals surface area contributed by atoms with Gasteiger partial charge in [0, 0.05) is 12.6 Å². The molecule has 8 heteroatoms. The van der Waals surface area contributed by atoms with Crippen molar-refractivity contribution in [3.63, 3.8) is 0 Å². The molecule has 3 rings (SSSR count). The smallest absolute Gasteiger partial charge is 0.286 e. The number of nitrogens with zero attached hydrogens (tertiary/aromatic N) is 2. The summed E-state index contributed by atoms with van der Waals surface area (Å²) in [6.07, 6.45) is 3.60. The number of amidine groups is 1. The molecular weight excluding hydrogens is 430 g/mol. The van der Waals surface area contributed by atoms with Crippen LogP contribution >= 0.6 is 11.8 Å². The quantitative estimate of drug-likeness (QED) is 0.607. The highest BCUT2D eigenvalue weighted by atomic mass is 32.2. The first-order valence-corrected chi connectivity index (χ1v) is 13.0. The summed E-state index contributed by atoms with van der Waals surface area (Å²) in [7, 11) is -3.77. The number of anilines is 1. The number of fused-ring (bicyclic) bond motifs is 1. The summed E-state index contributed by atoms with van der Waals surface area (Å²) < 4.78 is 29.2. The van der Waals surface area contributed by atoms with Gasteiger partial charge in [0.05, 0.1) is 11.4 Å². The van der Waals surface area contributed by atoms with E-state index in [1.54, 1.807) is 18.2 Å². The zero-order valence-corrected chi connectivity index (χ0v) is 19.6. The van der Waals surface area contributed by atoms with Crippen molar-refractivity contribution < 1.29 is 13.2 Å². The minimum Gasteiger partial charge on any atom is -0.353 e. The lowest BCUT2D eigenvalue weighted by Crippen LogP contribution is -2.38. The average Bonchev–Trinajstić information content (AvgIpc) is 2.76. The number of para-hydroxylation sites is 1. The maximum Gasteiger partial charge on any atom is 0.286 e. The molecule has 1 atom stereocenters. The van der Waals surface area contributed by atoms with Crippen molar-refractivity contribution in [1.82, 2.24) is 5.32 Å². The lowest BCUT2D eigenvalue weighted by molar-refractivity contribution is -0.119. The van der Waals surface area contributed by atoms with Crippen LogP contribution in [0.25, 0.3) is 0 Å². The Morgan fingerprint density at radius 2 is 1.84 bits per heavy atom. The highest BCUT2D eigenvalue weighted by Crippen LogP contribution is 2.34. The van der Waals surface area contributed by atoms with Gasteiger partial charge in [-0.15, -0.1) is 4.40 Å². The van der Waals surface area contributed by atoms with E-state index in [1.807, 2.05) is 36.1 Å².